The number of allylic oxidation sites excluding steroid dienone is 4. The van der Waals surface area contributed by atoms with Crippen molar-refractivity contribution >= 4 is 17.9 Å². The average Bonchev–Trinajstić information content (AvgIpc) is 2.42. The van der Waals surface area contributed by atoms with Crippen molar-refractivity contribution in [1.29, 1.82) is 0 Å². The fraction of sp³-hybridized carbons (Fsp3) is 0.600. The van der Waals surface area contributed by atoms with Crippen LogP contribution in [0.3, 0.4) is 0 Å². The third kappa shape index (κ3) is 6.79. The van der Waals surface area contributed by atoms with Crippen molar-refractivity contribution in [2.75, 3.05) is 0 Å². The minimum atomic E-state index is -0.651. The molecule has 130 valence electrons. The normalized spacial score (nSPS) is 15.2. The predicted octanol–water partition coefficient (Wildman–Crippen LogP) is 1.58. The van der Waals surface area contributed by atoms with Crippen molar-refractivity contribution in [3.8, 4) is 0 Å². The molecule has 0 spiro atoms. The minimum Gasteiger partial charge on any atom is -0.542 e. The van der Waals surface area contributed by atoms with E-state index in [9.17, 15) is 14.4 Å². The van der Waals surface area contributed by atoms with Crippen LogP contribution in [-0.4, -0.2) is 17.9 Å². The van der Waals surface area contributed by atoms with E-state index in [1.54, 1.807) is 13.8 Å². The number of rotatable bonds is 5. The van der Waals surface area contributed by atoms with Crippen LogP contribution in [0.15, 0.2) is 22.3 Å². The van der Waals surface area contributed by atoms with E-state index in [1.807, 2.05) is 54.2 Å². The van der Waals surface area contributed by atoms with E-state index < -0.39 is 5.41 Å². The van der Waals surface area contributed by atoms with Gasteiger partial charge in [-0.2, -0.15) is 13.8 Å². The van der Waals surface area contributed by atoms with E-state index in [2.05, 4.69) is 0 Å². The molecule has 0 amide bonds. The van der Waals surface area contributed by atoms with Gasteiger partial charge in [0.15, 0.2) is 11.6 Å². The Morgan fingerprint density at radius 1 is 1.04 bits per heavy atom. The molecule has 0 atom stereocenters. The molecule has 0 N–H and O–H groups in total. The molecule has 0 heterocycles. The molecule has 24 heavy (non-hydrogen) atoms. The zero-order chi connectivity index (χ0) is 18.4. The maximum absolute atomic E-state index is 12.8. The molecule has 0 aliphatic heterocycles. The molecule has 0 aromatic heterocycles. The average molecular weight is 358 g/mol. The molecule has 0 bridgehead atoms. The second-order valence-corrected chi connectivity index (χ2v) is 7.14. The molecule has 1 rings (SSSR count). The van der Waals surface area contributed by atoms with E-state index in [-0.39, 0.29) is 69.4 Å². The maximum Gasteiger partial charge on any atom is 1.00 e. The smallest absolute Gasteiger partial charge is 0.542 e. The van der Waals surface area contributed by atoms with Crippen molar-refractivity contribution in [3.63, 3.8) is 0 Å². The molecule has 0 saturated heterocycles. The first kappa shape index (κ1) is 26.4. The molecule has 0 radical (unpaired) electrons. The SMILES string of the molecule is CC1=C(CC(C)C)C(=O)C(C(C)(C)C[C-]=O)=C(C)C1=O.C[CH-]C.[K+]. The predicted molar refractivity (Wildman–Crippen MR) is 94.6 cm³/mol. The first-order valence-electron chi connectivity index (χ1n) is 8.14. The standard InChI is InChI=1S/C17H23O3.C3H7.K/c1-10(2)9-13-11(3)15(19)12(4)14(16(13)20)17(5,6)7-8-18;1-3-2;/h10H,7,9H2,1-6H3;3H,1-2H3;/q2*-1;+1. The van der Waals surface area contributed by atoms with Crippen molar-refractivity contribution in [2.24, 2.45) is 11.3 Å². The van der Waals surface area contributed by atoms with Crippen LogP contribution < -0.4 is 51.4 Å². The summed E-state index contributed by atoms with van der Waals surface area (Å²) < 4.78 is 0. The Hall–Kier alpha value is 0.126. The van der Waals surface area contributed by atoms with E-state index in [4.69, 9.17) is 0 Å². The number of carbonyl (C=O) groups is 2. The Kier molecular flexibility index (Phi) is 12.8. The van der Waals surface area contributed by atoms with Gasteiger partial charge < -0.3 is 11.2 Å². The third-order valence-electron chi connectivity index (χ3n) is 3.81. The molecule has 1 aliphatic carbocycles. The summed E-state index contributed by atoms with van der Waals surface area (Å²) in [6.07, 6.45) is 4.57. The number of carbonyl (C=O) groups excluding carboxylic acids is 3. The van der Waals surface area contributed by atoms with Crippen molar-refractivity contribution in [2.45, 2.75) is 68.2 Å². The summed E-state index contributed by atoms with van der Waals surface area (Å²) in [7, 11) is 0. The topological polar surface area (TPSA) is 51.2 Å². The summed E-state index contributed by atoms with van der Waals surface area (Å²) in [5.74, 6) is 0.153. The van der Waals surface area contributed by atoms with Crippen LogP contribution in [0, 0.1) is 17.8 Å². The minimum absolute atomic E-state index is 0. The molecule has 0 fully saturated rings. The van der Waals surface area contributed by atoms with Gasteiger partial charge in [-0.1, -0.05) is 27.7 Å². The van der Waals surface area contributed by atoms with Gasteiger partial charge in [-0.25, -0.2) is 0 Å². The van der Waals surface area contributed by atoms with Crippen LogP contribution in [0.1, 0.15) is 68.2 Å². The van der Waals surface area contributed by atoms with Crippen LogP contribution in [0.2, 0.25) is 0 Å². The Balaban J connectivity index is 0. The molecular formula is C20H30KO3-. The Bertz CT molecular complexity index is 537. The largest absolute Gasteiger partial charge is 1.00 e. The van der Waals surface area contributed by atoms with Gasteiger partial charge in [0.1, 0.15) is 0 Å². The molecule has 3 nitrogen and oxygen atoms in total. The van der Waals surface area contributed by atoms with Gasteiger partial charge in [0.2, 0.25) is 0 Å². The van der Waals surface area contributed by atoms with Crippen LogP contribution >= 0.6 is 0 Å². The number of hydrogen-bond acceptors (Lipinski definition) is 3. The van der Waals surface area contributed by atoms with Gasteiger partial charge in [-0.3, -0.25) is 15.9 Å². The van der Waals surface area contributed by atoms with Crippen LogP contribution in [0.25, 0.3) is 0 Å². The number of Topliss-reactive ketones (excluding diaryl/α,β-unsaturated/α-hetero) is 2. The Labute approximate surface area is 190 Å². The Morgan fingerprint density at radius 3 is 1.88 bits per heavy atom. The fourth-order valence-electron chi connectivity index (χ4n) is 2.76. The zero-order valence-corrected chi connectivity index (χ0v) is 19.9. The number of ketones is 2. The van der Waals surface area contributed by atoms with E-state index in [1.165, 1.54) is 0 Å². The fourth-order valence-corrected chi connectivity index (χ4v) is 2.76. The second-order valence-electron chi connectivity index (χ2n) is 7.14. The molecule has 4 heteroatoms. The van der Waals surface area contributed by atoms with Crippen LogP contribution in [0.4, 0.5) is 0 Å². The summed E-state index contributed by atoms with van der Waals surface area (Å²) in [5.41, 5.74) is 1.45. The first-order chi connectivity index (χ1) is 10.5. The van der Waals surface area contributed by atoms with Gasteiger partial charge >= 0.3 is 51.4 Å². The van der Waals surface area contributed by atoms with Crippen molar-refractivity contribution in [1.82, 2.24) is 0 Å². The molecule has 0 unspecified atom stereocenters. The summed E-state index contributed by atoms with van der Waals surface area (Å²) in [6.45, 7) is 15.1. The van der Waals surface area contributed by atoms with E-state index in [0.717, 1.165) is 0 Å². The zero-order valence-electron chi connectivity index (χ0n) is 16.8. The molecular weight excluding hydrogens is 327 g/mol. The number of hydrogen-bond donors (Lipinski definition) is 0. The second kappa shape index (κ2) is 11.7. The van der Waals surface area contributed by atoms with E-state index >= 15 is 0 Å². The van der Waals surface area contributed by atoms with Crippen molar-refractivity contribution < 1.29 is 65.8 Å². The van der Waals surface area contributed by atoms with Gasteiger partial charge in [-0.15, -0.1) is 6.42 Å². The van der Waals surface area contributed by atoms with Gasteiger partial charge in [0, 0.05) is 22.3 Å². The molecule has 0 aromatic carbocycles. The first-order valence-corrected chi connectivity index (χ1v) is 8.14. The third-order valence-corrected chi connectivity index (χ3v) is 3.81. The Morgan fingerprint density at radius 2 is 1.50 bits per heavy atom. The van der Waals surface area contributed by atoms with Crippen LogP contribution in [-0.2, 0) is 14.4 Å². The van der Waals surface area contributed by atoms with Crippen molar-refractivity contribution in [3.05, 3.63) is 28.7 Å². The quantitative estimate of drug-likeness (QED) is 0.426. The molecule has 0 aromatic rings. The summed E-state index contributed by atoms with van der Waals surface area (Å²) in [5, 5.41) is 0. The summed E-state index contributed by atoms with van der Waals surface area (Å²) >= 11 is 0. The van der Waals surface area contributed by atoms with Crippen LogP contribution in [0.5, 0.6) is 0 Å². The molecule has 1 aliphatic rings. The van der Waals surface area contributed by atoms with Gasteiger partial charge in [0.05, 0.1) is 0 Å². The van der Waals surface area contributed by atoms with Gasteiger partial charge in [0.25, 0.3) is 0 Å². The molecule has 0 saturated carbocycles. The van der Waals surface area contributed by atoms with Gasteiger partial charge in [-0.05, 0) is 31.6 Å². The summed E-state index contributed by atoms with van der Waals surface area (Å²) in [6, 6.07) is 0. The monoisotopic (exact) mass is 357 g/mol. The van der Waals surface area contributed by atoms with E-state index in [0.29, 0.717) is 34.6 Å². The summed E-state index contributed by atoms with van der Waals surface area (Å²) in [4.78, 5) is 35.8. The maximum atomic E-state index is 12.8.